The Morgan fingerprint density at radius 3 is 2.90 bits per heavy atom. The summed E-state index contributed by atoms with van der Waals surface area (Å²) in [5.41, 5.74) is -2.23. The lowest BCUT2D eigenvalue weighted by Gasteiger charge is -2.33. The molecule has 2 amide bonds. The first kappa shape index (κ1) is 19.0. The number of nitrogens with one attached hydrogen (secondary N) is 1. The van der Waals surface area contributed by atoms with Gasteiger partial charge in [0.15, 0.2) is 17.7 Å². The highest BCUT2D eigenvalue weighted by Crippen LogP contribution is 2.29. The van der Waals surface area contributed by atoms with Crippen LogP contribution < -0.4 is 10.7 Å². The van der Waals surface area contributed by atoms with Crippen LogP contribution in [0.3, 0.4) is 0 Å². The Kier molecular flexibility index (Phi) is 4.53. The summed E-state index contributed by atoms with van der Waals surface area (Å²) in [6.45, 7) is 1.65. The van der Waals surface area contributed by atoms with Gasteiger partial charge in [0.25, 0.3) is 11.8 Å². The number of rotatable bonds is 3. The zero-order chi connectivity index (χ0) is 20.9. The first-order chi connectivity index (χ1) is 13.8. The fourth-order valence-electron chi connectivity index (χ4n) is 3.50. The second-order valence-electron chi connectivity index (χ2n) is 6.82. The van der Waals surface area contributed by atoms with Crippen LogP contribution in [0, 0.1) is 11.8 Å². The maximum absolute atomic E-state index is 13.7. The van der Waals surface area contributed by atoms with Crippen molar-refractivity contribution in [1.82, 2.24) is 19.8 Å². The van der Waals surface area contributed by atoms with Crippen molar-refractivity contribution in [2.24, 2.45) is 0 Å². The van der Waals surface area contributed by atoms with E-state index in [0.717, 1.165) is 18.5 Å². The molecular weight excluding hydrogens is 390 g/mol. The van der Waals surface area contributed by atoms with E-state index >= 15 is 0 Å². The number of ether oxygens (including phenoxy) is 1. The van der Waals surface area contributed by atoms with E-state index < -0.39 is 58.7 Å². The summed E-state index contributed by atoms with van der Waals surface area (Å²) >= 11 is 0. The third-order valence-electron chi connectivity index (χ3n) is 4.98. The molecule has 0 aromatic carbocycles. The Labute approximate surface area is 162 Å². The molecule has 2 aliphatic rings. The Balaban J connectivity index is 1.64. The van der Waals surface area contributed by atoms with E-state index in [1.54, 1.807) is 6.92 Å². The summed E-state index contributed by atoms with van der Waals surface area (Å²) in [5, 5.41) is 12.5. The number of halogens is 2. The van der Waals surface area contributed by atoms with Crippen LogP contribution in [0.5, 0.6) is 5.75 Å². The molecule has 0 bridgehead atoms. The summed E-state index contributed by atoms with van der Waals surface area (Å²) in [4.78, 5) is 42.3. The quantitative estimate of drug-likeness (QED) is 0.712. The molecule has 11 heteroatoms. The van der Waals surface area contributed by atoms with Crippen molar-refractivity contribution in [1.29, 1.82) is 0 Å². The molecule has 1 saturated heterocycles. The number of hydrogen-bond donors (Lipinski definition) is 2. The van der Waals surface area contributed by atoms with Crippen molar-refractivity contribution in [2.45, 2.75) is 32.3 Å². The first-order valence-corrected chi connectivity index (χ1v) is 8.77. The van der Waals surface area contributed by atoms with Crippen LogP contribution in [0.4, 0.5) is 8.78 Å². The maximum atomic E-state index is 13.7. The lowest BCUT2D eigenvalue weighted by atomic mass is 10.1. The van der Waals surface area contributed by atoms with Crippen LogP contribution in [0.2, 0.25) is 0 Å². The van der Waals surface area contributed by atoms with Gasteiger partial charge in [-0.25, -0.2) is 9.37 Å². The number of nitrogens with zero attached hydrogens (tertiary/aromatic N) is 3. The number of pyridine rings is 2. The molecule has 0 aliphatic carbocycles. The molecule has 2 atom stereocenters. The minimum atomic E-state index is -1.09. The summed E-state index contributed by atoms with van der Waals surface area (Å²) in [6.07, 6.45) is 1.49. The zero-order valence-electron chi connectivity index (χ0n) is 15.2. The minimum Gasteiger partial charge on any atom is -0.503 e. The Bertz CT molecular complexity index is 1070. The smallest absolute Gasteiger partial charge is 0.276 e. The standard InChI is InChI=1S/C18H16F2N4O5/c1-8-7-29-12-6-23-5-10(14(25)15(26)13(23)18(28)24(8)12)17(27)22-4-9-11(19)2-3-21-16(9)20/h2-3,5,8,12,26H,4,6-7H2,1H3,(H,22,27)/t8-,12+/m0/s1. The average Bonchev–Trinajstić information content (AvgIpc) is 3.05. The molecule has 0 radical (unpaired) electrons. The van der Waals surface area contributed by atoms with Crippen molar-refractivity contribution >= 4 is 11.8 Å². The Hall–Kier alpha value is -3.34. The molecule has 4 rings (SSSR count). The van der Waals surface area contributed by atoms with E-state index in [9.17, 15) is 28.3 Å². The predicted molar refractivity (Wildman–Crippen MR) is 93.1 cm³/mol. The molecular formula is C18H16F2N4O5. The van der Waals surface area contributed by atoms with E-state index in [4.69, 9.17) is 4.74 Å². The van der Waals surface area contributed by atoms with E-state index in [1.807, 2.05) is 0 Å². The first-order valence-electron chi connectivity index (χ1n) is 8.77. The summed E-state index contributed by atoms with van der Waals surface area (Å²) in [7, 11) is 0. The Morgan fingerprint density at radius 2 is 2.17 bits per heavy atom. The summed E-state index contributed by atoms with van der Waals surface area (Å²) in [5.74, 6) is -4.39. The SMILES string of the molecule is C[C@H]1CO[C@@H]2Cn3cc(C(=O)NCc4c(F)ccnc4F)c(=O)c(O)c3C(=O)N12. The van der Waals surface area contributed by atoms with E-state index in [-0.39, 0.29) is 18.3 Å². The van der Waals surface area contributed by atoms with Gasteiger partial charge in [0, 0.05) is 12.4 Å². The lowest BCUT2D eigenvalue weighted by molar-refractivity contribution is 0.00624. The molecule has 0 unspecified atom stereocenters. The third kappa shape index (κ3) is 3.03. The number of fused-ring (bicyclic) bond motifs is 2. The summed E-state index contributed by atoms with van der Waals surface area (Å²) in [6, 6.07) is 0.715. The van der Waals surface area contributed by atoms with Gasteiger partial charge in [-0.3, -0.25) is 14.4 Å². The molecule has 0 spiro atoms. The molecule has 2 N–H and O–H groups in total. The molecule has 29 heavy (non-hydrogen) atoms. The van der Waals surface area contributed by atoms with Crippen LogP contribution in [0.25, 0.3) is 0 Å². The highest BCUT2D eigenvalue weighted by Gasteiger charge is 2.42. The molecule has 9 nitrogen and oxygen atoms in total. The van der Waals surface area contributed by atoms with Crippen molar-refractivity contribution in [2.75, 3.05) is 6.61 Å². The summed E-state index contributed by atoms with van der Waals surface area (Å²) < 4.78 is 34.1. The molecule has 1 fully saturated rings. The fraction of sp³-hybridized carbons (Fsp3) is 0.333. The van der Waals surface area contributed by atoms with Gasteiger partial charge in [-0.15, -0.1) is 0 Å². The number of amides is 2. The normalized spacial score (nSPS) is 20.4. The number of aromatic nitrogens is 2. The second-order valence-corrected chi connectivity index (χ2v) is 6.82. The van der Waals surface area contributed by atoms with Gasteiger partial charge in [0.05, 0.1) is 31.3 Å². The van der Waals surface area contributed by atoms with E-state index in [2.05, 4.69) is 10.3 Å². The van der Waals surface area contributed by atoms with Gasteiger partial charge < -0.3 is 24.6 Å². The van der Waals surface area contributed by atoms with Crippen LogP contribution >= 0.6 is 0 Å². The van der Waals surface area contributed by atoms with Gasteiger partial charge >= 0.3 is 0 Å². The molecule has 2 aromatic heterocycles. The van der Waals surface area contributed by atoms with Crippen LogP contribution in [-0.4, -0.2) is 50.2 Å². The van der Waals surface area contributed by atoms with Gasteiger partial charge in [-0.2, -0.15) is 4.39 Å². The minimum absolute atomic E-state index is 0.116. The molecule has 2 aliphatic heterocycles. The topological polar surface area (TPSA) is 114 Å². The number of hydrogen-bond acceptors (Lipinski definition) is 6. The van der Waals surface area contributed by atoms with Crippen molar-refractivity contribution in [3.8, 4) is 5.75 Å². The van der Waals surface area contributed by atoms with E-state index in [0.29, 0.717) is 6.61 Å². The zero-order valence-corrected chi connectivity index (χ0v) is 15.2. The largest absolute Gasteiger partial charge is 0.503 e. The second kappa shape index (κ2) is 6.92. The highest BCUT2D eigenvalue weighted by atomic mass is 19.1. The van der Waals surface area contributed by atoms with Gasteiger partial charge in [0.2, 0.25) is 11.4 Å². The highest BCUT2D eigenvalue weighted by molar-refractivity contribution is 5.99. The lowest BCUT2D eigenvalue weighted by Crippen LogP contribution is -2.49. The van der Waals surface area contributed by atoms with Crippen LogP contribution in [-0.2, 0) is 17.8 Å². The van der Waals surface area contributed by atoms with Crippen molar-refractivity contribution in [3.05, 3.63) is 57.3 Å². The molecule has 152 valence electrons. The fourth-order valence-corrected chi connectivity index (χ4v) is 3.50. The maximum Gasteiger partial charge on any atom is 0.276 e. The third-order valence-corrected chi connectivity index (χ3v) is 4.98. The van der Waals surface area contributed by atoms with Crippen LogP contribution in [0.15, 0.2) is 23.3 Å². The van der Waals surface area contributed by atoms with Crippen molar-refractivity contribution < 1.29 is 28.2 Å². The van der Waals surface area contributed by atoms with Crippen LogP contribution in [0.1, 0.15) is 33.3 Å². The molecule has 0 saturated carbocycles. The van der Waals surface area contributed by atoms with E-state index in [1.165, 1.54) is 9.47 Å². The number of carbonyl (C=O) groups is 2. The number of aromatic hydroxyl groups is 1. The molecule has 2 aromatic rings. The van der Waals surface area contributed by atoms with Gasteiger partial charge in [0.1, 0.15) is 11.4 Å². The van der Waals surface area contributed by atoms with Crippen molar-refractivity contribution in [3.63, 3.8) is 0 Å². The number of carbonyl (C=O) groups excluding carboxylic acids is 2. The predicted octanol–water partition coefficient (Wildman–Crippen LogP) is 0.358. The average molecular weight is 406 g/mol. The Morgan fingerprint density at radius 1 is 1.41 bits per heavy atom. The van der Waals surface area contributed by atoms with Gasteiger partial charge in [-0.1, -0.05) is 0 Å². The van der Waals surface area contributed by atoms with Gasteiger partial charge in [-0.05, 0) is 13.0 Å². The molecule has 4 heterocycles. The monoisotopic (exact) mass is 406 g/mol.